The summed E-state index contributed by atoms with van der Waals surface area (Å²) in [5.74, 6) is 0. The molecule has 0 spiro atoms. The zero-order valence-electron chi connectivity index (χ0n) is 36.4. The van der Waals surface area contributed by atoms with Crippen molar-refractivity contribution in [2.24, 2.45) is 7.05 Å². The number of rotatable bonds is 7. The Morgan fingerprint density at radius 3 is 1.58 bits per heavy atom. The Morgan fingerprint density at radius 1 is 0.565 bits per heavy atom. The van der Waals surface area contributed by atoms with Crippen molar-refractivity contribution >= 4 is 126 Å². The fraction of sp³-hybridized carbons (Fsp3) is 0.0612. The molecule has 0 unspecified atom stereocenters. The Kier molecular flexibility index (Phi) is 13.8. The number of nitrogens with one attached hydrogen (secondary N) is 2. The van der Waals surface area contributed by atoms with Crippen LogP contribution in [0.25, 0.3) is 55.1 Å². The Bertz CT molecular complexity index is 3980. The number of halogens is 3. The van der Waals surface area contributed by atoms with Crippen LogP contribution in [0.5, 0.6) is 0 Å². The van der Waals surface area contributed by atoms with Crippen LogP contribution >= 0.6 is 39.1 Å². The SMILES string of the molecule is CS(=O)(=O)c1ccc(C#N)cc1Nc1cc(Cl)c2nccnc2c1.Clc1cc(Br)cc2nccnc12.Cn1ccc2cc(-c3cc(Nc4cc(C#N)ccc4S(C)(=O)=O)cc4nccnc34)ccc21. The number of anilines is 4. The van der Waals surface area contributed by atoms with Gasteiger partial charge < -0.3 is 15.2 Å². The van der Waals surface area contributed by atoms with Gasteiger partial charge >= 0.3 is 0 Å². The summed E-state index contributed by atoms with van der Waals surface area (Å²) in [6, 6.07) is 31.9. The quantitative estimate of drug-likeness (QED) is 0.152. The van der Waals surface area contributed by atoms with E-state index < -0.39 is 19.7 Å². The second-order valence-corrected chi connectivity index (χ2v) is 21.0. The molecular formula is C49H34BrCl2N11O4S2. The summed E-state index contributed by atoms with van der Waals surface area (Å²) in [6.45, 7) is 0. The molecule has 69 heavy (non-hydrogen) atoms. The second-order valence-electron chi connectivity index (χ2n) is 15.3. The van der Waals surface area contributed by atoms with Crippen LogP contribution in [0, 0.1) is 22.7 Å². The molecule has 0 saturated carbocycles. The fourth-order valence-corrected chi connectivity index (χ4v) is 10.0. The van der Waals surface area contributed by atoms with E-state index in [1.807, 2.05) is 43.6 Å². The van der Waals surface area contributed by atoms with E-state index >= 15 is 0 Å². The first-order valence-corrected chi connectivity index (χ1v) is 25.6. The second kappa shape index (κ2) is 19.9. The summed E-state index contributed by atoms with van der Waals surface area (Å²) < 4.78 is 51.5. The van der Waals surface area contributed by atoms with Crippen LogP contribution in [0.4, 0.5) is 22.7 Å². The average Bonchev–Trinajstić information content (AvgIpc) is 3.70. The van der Waals surface area contributed by atoms with E-state index in [1.54, 1.807) is 55.4 Å². The van der Waals surface area contributed by atoms with Crippen LogP contribution in [0.1, 0.15) is 11.1 Å². The monoisotopic (exact) mass is 1050 g/mol. The molecule has 0 saturated heterocycles. The molecule has 4 aromatic heterocycles. The van der Waals surface area contributed by atoms with Crippen molar-refractivity contribution in [3.05, 3.63) is 166 Å². The maximum Gasteiger partial charge on any atom is 0.177 e. The largest absolute Gasteiger partial charge is 0.354 e. The molecule has 10 rings (SSSR count). The van der Waals surface area contributed by atoms with Crippen molar-refractivity contribution in [3.63, 3.8) is 0 Å². The van der Waals surface area contributed by atoms with Crippen LogP contribution in [0.15, 0.2) is 155 Å². The molecule has 10 aromatic rings. The van der Waals surface area contributed by atoms with Crippen molar-refractivity contribution < 1.29 is 16.8 Å². The van der Waals surface area contributed by atoms with Crippen LogP contribution < -0.4 is 10.6 Å². The van der Waals surface area contributed by atoms with Gasteiger partial charge in [-0.1, -0.05) is 45.2 Å². The Morgan fingerprint density at radius 2 is 1.04 bits per heavy atom. The highest BCUT2D eigenvalue weighted by Crippen LogP contribution is 2.35. The molecule has 2 N–H and O–H groups in total. The van der Waals surface area contributed by atoms with Gasteiger partial charge in [0.05, 0.1) is 76.5 Å². The summed E-state index contributed by atoms with van der Waals surface area (Å²) in [6.07, 6.45) is 13.9. The minimum atomic E-state index is -3.51. The number of nitriles is 2. The molecule has 15 nitrogen and oxygen atoms in total. The van der Waals surface area contributed by atoms with Gasteiger partial charge in [-0.3, -0.25) is 29.9 Å². The highest BCUT2D eigenvalue weighted by molar-refractivity contribution is 9.10. The van der Waals surface area contributed by atoms with Gasteiger partial charge in [0.1, 0.15) is 11.0 Å². The van der Waals surface area contributed by atoms with E-state index in [0.29, 0.717) is 60.5 Å². The highest BCUT2D eigenvalue weighted by atomic mass is 79.9. The number of hydrogen-bond acceptors (Lipinski definition) is 14. The molecule has 4 heterocycles. The maximum absolute atomic E-state index is 12.3. The zero-order chi connectivity index (χ0) is 49.0. The van der Waals surface area contributed by atoms with E-state index in [2.05, 4.69) is 85.3 Å². The number of benzene rings is 6. The smallest absolute Gasteiger partial charge is 0.177 e. The Labute approximate surface area is 414 Å². The summed E-state index contributed by atoms with van der Waals surface area (Å²) in [7, 11) is -4.97. The standard InChI is InChI=1S/C25H19N5O2S.C16H11ClN4O2S.C8H4BrClN2/c1-30-10-7-18-12-17(4-5-23(18)30)20-13-19(14-22-25(20)28-9-8-27-22)29-21-11-16(15-26)3-6-24(21)33(2,31)32;1-24(22,23)15-3-2-10(9-18)6-13(15)21-11-7-12(17)16-14(8-11)19-4-5-20-16;9-5-3-6(10)8-7(4-5)11-1-2-12-8/h3-14,29H,1-2H3;2-8,21H,1H3;1-4H. The molecule has 0 amide bonds. The van der Waals surface area contributed by atoms with Crippen molar-refractivity contribution in [2.45, 2.75) is 9.79 Å². The van der Waals surface area contributed by atoms with Gasteiger partial charge in [0.25, 0.3) is 0 Å². The maximum atomic E-state index is 12.3. The summed E-state index contributed by atoms with van der Waals surface area (Å²) in [4.78, 5) is 25.8. The molecular weight excluding hydrogens is 1020 g/mol. The molecule has 342 valence electrons. The van der Waals surface area contributed by atoms with Crippen molar-refractivity contribution in [2.75, 3.05) is 23.1 Å². The van der Waals surface area contributed by atoms with E-state index in [-0.39, 0.29) is 9.79 Å². The van der Waals surface area contributed by atoms with E-state index in [0.717, 1.165) is 55.6 Å². The fourth-order valence-electron chi connectivity index (χ4n) is 7.27. The predicted molar refractivity (Wildman–Crippen MR) is 273 cm³/mol. The van der Waals surface area contributed by atoms with Gasteiger partial charge in [-0.05, 0) is 96.6 Å². The minimum Gasteiger partial charge on any atom is -0.354 e. The first-order chi connectivity index (χ1) is 33.0. The van der Waals surface area contributed by atoms with Gasteiger partial charge in [-0.15, -0.1) is 0 Å². The molecule has 6 aromatic carbocycles. The molecule has 0 aliphatic rings. The van der Waals surface area contributed by atoms with Crippen LogP contribution in [-0.2, 0) is 26.7 Å². The van der Waals surface area contributed by atoms with Gasteiger partial charge in [0.2, 0.25) is 0 Å². The van der Waals surface area contributed by atoms with Gasteiger partial charge in [0, 0.05) is 95.3 Å². The van der Waals surface area contributed by atoms with Gasteiger partial charge in [-0.25, -0.2) is 16.8 Å². The van der Waals surface area contributed by atoms with E-state index in [1.165, 1.54) is 36.4 Å². The van der Waals surface area contributed by atoms with Gasteiger partial charge in [0.15, 0.2) is 19.7 Å². The normalized spacial score (nSPS) is 11.2. The molecule has 0 aliphatic heterocycles. The number of fused-ring (bicyclic) bond motifs is 4. The Balaban J connectivity index is 0.000000155. The van der Waals surface area contributed by atoms with Crippen molar-refractivity contribution in [1.29, 1.82) is 10.5 Å². The molecule has 0 radical (unpaired) electrons. The first-order valence-electron chi connectivity index (χ1n) is 20.3. The number of nitrogens with zero attached hydrogens (tertiary/aromatic N) is 9. The molecule has 0 aliphatic carbocycles. The zero-order valence-corrected chi connectivity index (χ0v) is 41.1. The number of hydrogen-bond donors (Lipinski definition) is 2. The lowest BCUT2D eigenvalue weighted by atomic mass is 10.0. The van der Waals surface area contributed by atoms with Crippen LogP contribution in [-0.4, -0.2) is 63.8 Å². The number of aromatic nitrogens is 7. The molecule has 0 bridgehead atoms. The third-order valence-electron chi connectivity index (χ3n) is 10.4. The van der Waals surface area contributed by atoms with Crippen LogP contribution in [0.3, 0.4) is 0 Å². The first kappa shape index (κ1) is 47.9. The van der Waals surface area contributed by atoms with Crippen molar-refractivity contribution in [1.82, 2.24) is 34.5 Å². The average molecular weight is 1060 g/mol. The highest BCUT2D eigenvalue weighted by Gasteiger charge is 2.18. The molecule has 0 fully saturated rings. The third kappa shape index (κ3) is 10.9. The lowest BCUT2D eigenvalue weighted by molar-refractivity contribution is 0.600. The topological polar surface area (TPSA) is 222 Å². The minimum absolute atomic E-state index is 0.0943. The van der Waals surface area contributed by atoms with E-state index in [9.17, 15) is 22.1 Å². The molecule has 0 atom stereocenters. The van der Waals surface area contributed by atoms with Crippen LogP contribution in [0.2, 0.25) is 10.0 Å². The number of sulfone groups is 2. The summed E-state index contributed by atoms with van der Waals surface area (Å²) in [5.41, 5.74) is 9.58. The Hall–Kier alpha value is -7.58. The van der Waals surface area contributed by atoms with E-state index in [4.69, 9.17) is 28.5 Å². The molecule has 20 heteroatoms. The number of aryl methyl sites for hydroxylation is 1. The van der Waals surface area contributed by atoms with Crippen molar-refractivity contribution in [3.8, 4) is 23.3 Å². The lowest BCUT2D eigenvalue weighted by Crippen LogP contribution is -2.03. The van der Waals surface area contributed by atoms with Gasteiger partial charge in [-0.2, -0.15) is 10.5 Å². The third-order valence-corrected chi connectivity index (χ3v) is 13.7. The summed E-state index contributed by atoms with van der Waals surface area (Å²) in [5, 5.41) is 26.6. The lowest BCUT2D eigenvalue weighted by Gasteiger charge is -2.14. The predicted octanol–water partition coefficient (Wildman–Crippen LogP) is 11.2. The summed E-state index contributed by atoms with van der Waals surface area (Å²) >= 11 is 15.5.